The number of amides is 1. The molecule has 5 nitrogen and oxygen atoms in total. The van der Waals surface area contributed by atoms with Crippen molar-refractivity contribution in [2.45, 2.75) is 27.2 Å². The third-order valence-electron chi connectivity index (χ3n) is 2.10. The first-order valence-electron chi connectivity index (χ1n) is 5.94. The summed E-state index contributed by atoms with van der Waals surface area (Å²) in [6, 6.07) is 1.46. The molecule has 1 aromatic rings. The van der Waals surface area contributed by atoms with Crippen LogP contribution in [0.3, 0.4) is 0 Å². The summed E-state index contributed by atoms with van der Waals surface area (Å²) in [5.74, 6) is -0.764. The number of carbonyl (C=O) groups excluding carboxylic acids is 2. The smallest absolute Gasteiger partial charge is 0.306 e. The normalized spacial score (nSPS) is 11.1. The van der Waals surface area contributed by atoms with Crippen molar-refractivity contribution in [2.24, 2.45) is 5.41 Å². The Labute approximate surface area is 127 Å². The molecule has 0 atom stereocenters. The maximum absolute atomic E-state index is 11.6. The van der Waals surface area contributed by atoms with Gasteiger partial charge in [0, 0.05) is 6.20 Å². The molecule has 0 aliphatic rings. The van der Waals surface area contributed by atoms with Gasteiger partial charge in [0.05, 0.1) is 16.5 Å². The lowest BCUT2D eigenvalue weighted by atomic mass is 9.93. The number of nitrogens with one attached hydrogen (secondary N) is 1. The van der Waals surface area contributed by atoms with Crippen LogP contribution in [0.4, 0.5) is 5.82 Å². The molecule has 0 saturated heterocycles. The molecule has 1 aromatic heterocycles. The topological polar surface area (TPSA) is 68.3 Å². The van der Waals surface area contributed by atoms with Gasteiger partial charge in [0.1, 0.15) is 0 Å². The van der Waals surface area contributed by atoms with Gasteiger partial charge in [0.2, 0.25) is 0 Å². The van der Waals surface area contributed by atoms with Gasteiger partial charge in [-0.25, -0.2) is 4.98 Å². The minimum Gasteiger partial charge on any atom is -0.456 e. The van der Waals surface area contributed by atoms with Crippen LogP contribution in [0.5, 0.6) is 0 Å². The van der Waals surface area contributed by atoms with Gasteiger partial charge in [-0.15, -0.1) is 0 Å². The Kier molecular flexibility index (Phi) is 5.77. The van der Waals surface area contributed by atoms with Gasteiger partial charge in [-0.05, 0) is 11.5 Å². The van der Waals surface area contributed by atoms with Crippen molar-refractivity contribution in [3.05, 3.63) is 22.3 Å². The van der Waals surface area contributed by atoms with Crippen molar-refractivity contribution in [1.82, 2.24) is 4.98 Å². The van der Waals surface area contributed by atoms with E-state index < -0.39 is 11.9 Å². The number of aromatic nitrogens is 1. The lowest BCUT2D eigenvalue weighted by molar-refractivity contribution is -0.149. The number of nitrogens with zero attached hydrogens (tertiary/aromatic N) is 1. The lowest BCUT2D eigenvalue weighted by Crippen LogP contribution is -2.23. The molecule has 1 N–H and O–H groups in total. The predicted molar refractivity (Wildman–Crippen MR) is 77.9 cm³/mol. The highest BCUT2D eigenvalue weighted by atomic mass is 35.5. The van der Waals surface area contributed by atoms with E-state index >= 15 is 0 Å². The minimum atomic E-state index is -0.510. The fourth-order valence-electron chi connectivity index (χ4n) is 1.30. The van der Waals surface area contributed by atoms with Crippen molar-refractivity contribution in [1.29, 1.82) is 0 Å². The first-order chi connectivity index (χ1) is 9.17. The Hall–Kier alpha value is -1.33. The standard InChI is InChI=1S/C13H16Cl2N2O3/c1-13(2,3)5-11(19)20-7-10(18)17-12-9(15)4-8(14)6-16-12/h4,6H,5,7H2,1-3H3,(H,16,17,18). The maximum Gasteiger partial charge on any atom is 0.306 e. The van der Waals surface area contributed by atoms with E-state index in [2.05, 4.69) is 10.3 Å². The fourth-order valence-corrected chi connectivity index (χ4v) is 1.73. The Bertz CT molecular complexity index is 513. The van der Waals surface area contributed by atoms with Crippen LogP contribution in [-0.4, -0.2) is 23.5 Å². The monoisotopic (exact) mass is 318 g/mol. The molecule has 1 rings (SSSR count). The number of hydrogen-bond donors (Lipinski definition) is 1. The number of anilines is 1. The molecule has 20 heavy (non-hydrogen) atoms. The molecule has 0 spiro atoms. The molecule has 0 aliphatic carbocycles. The van der Waals surface area contributed by atoms with E-state index in [1.165, 1.54) is 12.3 Å². The molecule has 0 aromatic carbocycles. The summed E-state index contributed by atoms with van der Waals surface area (Å²) in [5, 5.41) is 3.02. The SMILES string of the molecule is CC(C)(C)CC(=O)OCC(=O)Nc1ncc(Cl)cc1Cl. The Morgan fingerprint density at radius 1 is 1.35 bits per heavy atom. The molecule has 0 bridgehead atoms. The number of pyridine rings is 1. The van der Waals surface area contributed by atoms with Crippen molar-refractivity contribution >= 4 is 40.9 Å². The summed E-state index contributed by atoms with van der Waals surface area (Å²) in [6.07, 6.45) is 1.59. The number of hydrogen-bond acceptors (Lipinski definition) is 4. The van der Waals surface area contributed by atoms with Crippen LogP contribution in [-0.2, 0) is 14.3 Å². The largest absolute Gasteiger partial charge is 0.456 e. The van der Waals surface area contributed by atoms with Crippen LogP contribution in [0.25, 0.3) is 0 Å². The van der Waals surface area contributed by atoms with Gasteiger partial charge in [-0.3, -0.25) is 9.59 Å². The number of rotatable bonds is 4. The molecule has 7 heteroatoms. The molecule has 1 amide bonds. The number of carbonyl (C=O) groups is 2. The van der Waals surface area contributed by atoms with E-state index in [1.54, 1.807) is 0 Å². The van der Waals surface area contributed by atoms with E-state index in [1.807, 2.05) is 20.8 Å². The highest BCUT2D eigenvalue weighted by molar-refractivity contribution is 6.36. The first-order valence-corrected chi connectivity index (χ1v) is 6.69. The van der Waals surface area contributed by atoms with Gasteiger partial charge >= 0.3 is 5.97 Å². The van der Waals surface area contributed by atoms with Crippen LogP contribution >= 0.6 is 23.2 Å². The van der Waals surface area contributed by atoms with Crippen LogP contribution in [0.1, 0.15) is 27.2 Å². The van der Waals surface area contributed by atoms with Gasteiger partial charge in [-0.1, -0.05) is 44.0 Å². The van der Waals surface area contributed by atoms with E-state index in [0.29, 0.717) is 5.02 Å². The van der Waals surface area contributed by atoms with Crippen molar-refractivity contribution in [3.8, 4) is 0 Å². The average Bonchev–Trinajstić information content (AvgIpc) is 2.28. The zero-order valence-electron chi connectivity index (χ0n) is 11.5. The maximum atomic E-state index is 11.6. The summed E-state index contributed by atoms with van der Waals surface area (Å²) in [4.78, 5) is 26.9. The van der Waals surface area contributed by atoms with E-state index in [-0.39, 0.29) is 29.3 Å². The zero-order chi connectivity index (χ0) is 15.3. The lowest BCUT2D eigenvalue weighted by Gasteiger charge is -2.16. The summed E-state index contributed by atoms with van der Waals surface area (Å²) in [7, 11) is 0. The third kappa shape index (κ3) is 6.21. The molecular weight excluding hydrogens is 303 g/mol. The zero-order valence-corrected chi connectivity index (χ0v) is 13.0. The number of halogens is 2. The van der Waals surface area contributed by atoms with Gasteiger partial charge in [0.15, 0.2) is 12.4 Å². The van der Waals surface area contributed by atoms with E-state index in [4.69, 9.17) is 27.9 Å². The number of esters is 1. The van der Waals surface area contributed by atoms with Crippen molar-refractivity contribution < 1.29 is 14.3 Å². The first kappa shape index (κ1) is 16.7. The van der Waals surface area contributed by atoms with Crippen molar-refractivity contribution in [2.75, 3.05) is 11.9 Å². The second kappa shape index (κ2) is 6.90. The Morgan fingerprint density at radius 2 is 2.00 bits per heavy atom. The Morgan fingerprint density at radius 3 is 2.55 bits per heavy atom. The number of ether oxygens (including phenoxy) is 1. The molecule has 0 saturated carbocycles. The molecule has 110 valence electrons. The van der Waals surface area contributed by atoms with Gasteiger partial charge < -0.3 is 10.1 Å². The molecule has 1 heterocycles. The second-order valence-corrected chi connectivity index (χ2v) is 6.27. The second-order valence-electron chi connectivity index (χ2n) is 5.43. The molecule has 0 unspecified atom stereocenters. The highest BCUT2D eigenvalue weighted by Crippen LogP contribution is 2.22. The quantitative estimate of drug-likeness (QED) is 0.865. The van der Waals surface area contributed by atoms with Gasteiger partial charge in [-0.2, -0.15) is 0 Å². The van der Waals surface area contributed by atoms with Crippen LogP contribution in [0.15, 0.2) is 12.3 Å². The fraction of sp³-hybridized carbons (Fsp3) is 0.462. The predicted octanol–water partition coefficient (Wildman–Crippen LogP) is 3.31. The summed E-state index contributed by atoms with van der Waals surface area (Å²) < 4.78 is 4.87. The summed E-state index contributed by atoms with van der Waals surface area (Å²) in [6.45, 7) is 5.35. The van der Waals surface area contributed by atoms with E-state index in [0.717, 1.165) is 0 Å². The van der Waals surface area contributed by atoms with Crippen LogP contribution in [0, 0.1) is 5.41 Å². The Balaban J connectivity index is 2.46. The third-order valence-corrected chi connectivity index (χ3v) is 2.60. The average molecular weight is 319 g/mol. The van der Waals surface area contributed by atoms with Crippen LogP contribution in [0.2, 0.25) is 10.0 Å². The molecule has 0 radical (unpaired) electrons. The van der Waals surface area contributed by atoms with E-state index in [9.17, 15) is 9.59 Å². The van der Waals surface area contributed by atoms with Crippen LogP contribution < -0.4 is 5.32 Å². The minimum absolute atomic E-state index is 0.174. The molecular formula is C13H16Cl2N2O3. The summed E-state index contributed by atoms with van der Waals surface area (Å²) in [5.41, 5.74) is -0.186. The molecule has 0 fully saturated rings. The van der Waals surface area contributed by atoms with Crippen molar-refractivity contribution in [3.63, 3.8) is 0 Å². The van der Waals surface area contributed by atoms with Gasteiger partial charge in [0.25, 0.3) is 5.91 Å². The highest BCUT2D eigenvalue weighted by Gasteiger charge is 2.18. The summed E-state index contributed by atoms with van der Waals surface area (Å²) >= 11 is 11.5. The molecule has 0 aliphatic heterocycles.